The van der Waals surface area contributed by atoms with E-state index >= 15 is 0 Å². The normalized spacial score (nSPS) is 17.4. The quantitative estimate of drug-likeness (QED) is 0.661. The fraction of sp³-hybridized carbons (Fsp3) is 0.556. The minimum atomic E-state index is -0.508. The number of rotatable bonds is 3. The fourth-order valence-corrected chi connectivity index (χ4v) is 2.73. The predicted molar refractivity (Wildman–Crippen MR) is 91.9 cm³/mol. The fourth-order valence-electron chi connectivity index (χ4n) is 2.73. The second-order valence-corrected chi connectivity index (χ2v) is 6.42. The number of nitrogens with one attached hydrogen (secondary N) is 1. The van der Waals surface area contributed by atoms with Gasteiger partial charge in [-0.25, -0.2) is 14.8 Å². The van der Waals surface area contributed by atoms with E-state index in [2.05, 4.69) is 27.1 Å². The van der Waals surface area contributed by atoms with Crippen molar-refractivity contribution < 1.29 is 14.3 Å². The Morgan fingerprint density at radius 3 is 2.56 bits per heavy atom. The van der Waals surface area contributed by atoms with Crippen molar-refractivity contribution in [1.82, 2.24) is 14.9 Å². The summed E-state index contributed by atoms with van der Waals surface area (Å²) in [6.45, 7) is 3.03. The van der Waals surface area contributed by atoms with Gasteiger partial charge in [0, 0.05) is 38.0 Å². The second-order valence-electron chi connectivity index (χ2n) is 6.42. The summed E-state index contributed by atoms with van der Waals surface area (Å²) in [7, 11) is 1.32. The van der Waals surface area contributed by atoms with E-state index in [1.807, 2.05) is 4.90 Å². The molecule has 1 aliphatic heterocycles. The molecule has 2 heterocycles. The lowest BCUT2D eigenvalue weighted by molar-refractivity contribution is -0.129. The summed E-state index contributed by atoms with van der Waals surface area (Å²) in [5.74, 6) is 6.98. The van der Waals surface area contributed by atoms with Gasteiger partial charge in [0.05, 0.1) is 7.11 Å². The minimum absolute atomic E-state index is 0.103. The van der Waals surface area contributed by atoms with E-state index in [1.54, 1.807) is 13.0 Å². The van der Waals surface area contributed by atoms with Crippen LogP contribution in [-0.2, 0) is 9.53 Å². The molecule has 0 unspecified atom stereocenters. The first-order valence-electron chi connectivity index (χ1n) is 8.56. The van der Waals surface area contributed by atoms with Crippen LogP contribution in [0, 0.1) is 17.8 Å². The van der Waals surface area contributed by atoms with Gasteiger partial charge >= 0.3 is 5.97 Å². The number of likely N-dealkylation sites (tertiary alicyclic amines) is 1. The number of hydrogen-bond donors (Lipinski definition) is 1. The topological polar surface area (TPSA) is 84.4 Å². The molecule has 1 saturated carbocycles. The highest BCUT2D eigenvalue weighted by Crippen LogP contribution is 2.27. The first-order valence-corrected chi connectivity index (χ1v) is 8.56. The third-order valence-electron chi connectivity index (χ3n) is 4.38. The summed E-state index contributed by atoms with van der Waals surface area (Å²) in [5, 5.41) is 3.34. The highest BCUT2D eigenvalue weighted by Gasteiger charge is 2.22. The molecule has 1 aromatic heterocycles. The summed E-state index contributed by atoms with van der Waals surface area (Å²) >= 11 is 0. The third kappa shape index (κ3) is 4.69. The number of ether oxygens (including phenoxy) is 1. The Morgan fingerprint density at radius 1 is 1.24 bits per heavy atom. The minimum Gasteiger partial charge on any atom is -0.464 e. The molecular weight excluding hydrogens is 320 g/mol. The molecule has 2 fully saturated rings. The van der Waals surface area contributed by atoms with Crippen LogP contribution >= 0.6 is 0 Å². The Kier molecular flexibility index (Phi) is 5.17. The van der Waals surface area contributed by atoms with E-state index in [0.29, 0.717) is 17.6 Å². The number of carbonyl (C=O) groups excluding carboxylic acids is 2. The third-order valence-corrected chi connectivity index (χ3v) is 4.38. The van der Waals surface area contributed by atoms with Crippen molar-refractivity contribution in [1.29, 1.82) is 0 Å². The zero-order valence-corrected chi connectivity index (χ0v) is 14.5. The molecule has 0 atom stereocenters. The Balaban J connectivity index is 1.73. The zero-order valence-electron chi connectivity index (χ0n) is 14.5. The smallest absolute Gasteiger partial charge is 0.356 e. The average Bonchev–Trinajstić information content (AvgIpc) is 3.44. The van der Waals surface area contributed by atoms with Crippen molar-refractivity contribution in [3.8, 4) is 11.8 Å². The maximum absolute atomic E-state index is 11.8. The molecule has 132 valence electrons. The van der Waals surface area contributed by atoms with Crippen LogP contribution in [0.15, 0.2) is 6.07 Å². The predicted octanol–water partition coefficient (Wildman–Crippen LogP) is 1.45. The van der Waals surface area contributed by atoms with Gasteiger partial charge in [-0.3, -0.25) is 4.79 Å². The van der Waals surface area contributed by atoms with Gasteiger partial charge in [-0.05, 0) is 31.6 Å². The maximum Gasteiger partial charge on any atom is 0.356 e. The molecule has 1 saturated heterocycles. The van der Waals surface area contributed by atoms with E-state index < -0.39 is 5.97 Å². The molecule has 25 heavy (non-hydrogen) atoms. The van der Waals surface area contributed by atoms with Gasteiger partial charge < -0.3 is 15.0 Å². The molecule has 0 aromatic carbocycles. The van der Waals surface area contributed by atoms with Crippen molar-refractivity contribution in [3.05, 3.63) is 17.6 Å². The van der Waals surface area contributed by atoms with Crippen LogP contribution in [-0.4, -0.2) is 53.0 Å². The van der Waals surface area contributed by atoms with E-state index in [1.165, 1.54) is 7.11 Å². The summed E-state index contributed by atoms with van der Waals surface area (Å²) < 4.78 is 4.77. The molecular formula is C18H22N4O3. The van der Waals surface area contributed by atoms with Gasteiger partial charge in [-0.2, -0.15) is 0 Å². The van der Waals surface area contributed by atoms with Crippen molar-refractivity contribution in [3.63, 3.8) is 0 Å². The van der Waals surface area contributed by atoms with Crippen LogP contribution in [0.4, 0.5) is 5.82 Å². The van der Waals surface area contributed by atoms with Crippen molar-refractivity contribution in [2.24, 2.45) is 5.92 Å². The van der Waals surface area contributed by atoms with Crippen LogP contribution < -0.4 is 5.32 Å². The number of nitrogens with zero attached hydrogens (tertiary/aromatic N) is 3. The Hall–Kier alpha value is -2.62. The van der Waals surface area contributed by atoms with Gasteiger partial charge in [0.15, 0.2) is 5.69 Å². The summed E-state index contributed by atoms with van der Waals surface area (Å²) in [4.78, 5) is 33.7. The maximum atomic E-state index is 11.8. The molecule has 0 bridgehead atoms. The standard InChI is InChI=1S/C18H22N4O3/c1-12(23)22-9-7-14(8-10-22)19-17-11-15(18(24)25-2)20-16(21-17)6-5-13-3-4-13/h11,13-14H,3-4,7-10H2,1-2H3,(H,19,20,21). The SMILES string of the molecule is COC(=O)c1cc(NC2CCN(C(C)=O)CC2)nc(C#CC2CC2)n1. The molecule has 3 rings (SSSR count). The number of anilines is 1. The van der Waals surface area contributed by atoms with Crippen molar-refractivity contribution in [2.75, 3.05) is 25.5 Å². The number of esters is 1. The van der Waals surface area contributed by atoms with Crippen molar-refractivity contribution in [2.45, 2.75) is 38.6 Å². The van der Waals surface area contributed by atoms with E-state index in [0.717, 1.165) is 38.8 Å². The number of hydrogen-bond acceptors (Lipinski definition) is 6. The Morgan fingerprint density at radius 2 is 1.96 bits per heavy atom. The molecule has 1 amide bonds. The van der Waals surface area contributed by atoms with E-state index in [9.17, 15) is 9.59 Å². The van der Waals surface area contributed by atoms with Gasteiger partial charge in [-0.15, -0.1) is 0 Å². The molecule has 7 heteroatoms. The lowest BCUT2D eigenvalue weighted by Gasteiger charge is -2.32. The number of aromatic nitrogens is 2. The van der Waals surface area contributed by atoms with Gasteiger partial charge in [0.1, 0.15) is 5.82 Å². The summed E-state index contributed by atoms with van der Waals surface area (Å²) in [6.07, 6.45) is 3.90. The van der Waals surface area contributed by atoms with Gasteiger partial charge in [0.25, 0.3) is 0 Å². The average molecular weight is 342 g/mol. The van der Waals surface area contributed by atoms with Crippen LogP contribution in [0.3, 0.4) is 0 Å². The van der Waals surface area contributed by atoms with Crippen molar-refractivity contribution >= 4 is 17.7 Å². The monoisotopic (exact) mass is 342 g/mol. The summed E-state index contributed by atoms with van der Waals surface area (Å²) in [5.41, 5.74) is 0.196. The van der Waals surface area contributed by atoms with Crippen LogP contribution in [0.5, 0.6) is 0 Å². The number of methoxy groups -OCH3 is 1. The summed E-state index contributed by atoms with van der Waals surface area (Å²) in [6, 6.07) is 1.78. The molecule has 1 aromatic rings. The highest BCUT2D eigenvalue weighted by molar-refractivity contribution is 5.88. The molecule has 1 aliphatic carbocycles. The molecule has 0 radical (unpaired) electrons. The Bertz CT molecular complexity index is 726. The molecule has 0 spiro atoms. The van der Waals surface area contributed by atoms with Crippen LogP contribution in [0.25, 0.3) is 0 Å². The van der Waals surface area contributed by atoms with E-state index in [-0.39, 0.29) is 17.6 Å². The number of amides is 1. The first kappa shape index (κ1) is 17.2. The molecule has 2 aliphatic rings. The first-order chi connectivity index (χ1) is 12.0. The van der Waals surface area contributed by atoms with Gasteiger partial charge in [-0.1, -0.05) is 5.92 Å². The second kappa shape index (κ2) is 7.51. The lowest BCUT2D eigenvalue weighted by atomic mass is 10.1. The molecule has 7 nitrogen and oxygen atoms in total. The number of piperidine rings is 1. The largest absolute Gasteiger partial charge is 0.464 e. The highest BCUT2D eigenvalue weighted by atomic mass is 16.5. The zero-order chi connectivity index (χ0) is 17.8. The van der Waals surface area contributed by atoms with Crippen LogP contribution in [0.1, 0.15) is 48.9 Å². The molecule has 1 N–H and O–H groups in total. The van der Waals surface area contributed by atoms with E-state index in [4.69, 9.17) is 4.74 Å². The number of carbonyl (C=O) groups is 2. The Labute approximate surface area is 147 Å². The lowest BCUT2D eigenvalue weighted by Crippen LogP contribution is -2.41. The van der Waals surface area contributed by atoms with Crippen LogP contribution in [0.2, 0.25) is 0 Å². The van der Waals surface area contributed by atoms with Gasteiger partial charge in [0.2, 0.25) is 11.7 Å².